The summed E-state index contributed by atoms with van der Waals surface area (Å²) < 4.78 is 107. The molecule has 23 heavy (non-hydrogen) atoms. The molecular formula is C9H12F6NO5S2-. The van der Waals surface area contributed by atoms with Gasteiger partial charge in [-0.25, -0.2) is 8.42 Å². The molecule has 0 aliphatic carbocycles. The summed E-state index contributed by atoms with van der Waals surface area (Å²) >= 11 is -1.70. The van der Waals surface area contributed by atoms with Gasteiger partial charge in [0, 0.05) is 13.1 Å². The average Bonchev–Trinajstić information content (AvgIpc) is 2.74. The van der Waals surface area contributed by atoms with Crippen LogP contribution >= 0.6 is 12.0 Å². The Kier molecular flexibility index (Phi) is 6.60. The fourth-order valence-corrected chi connectivity index (χ4v) is 3.81. The molecule has 1 rings (SSSR count). The standard InChI is InChI=1S/C9H13F6NO5S2/c10-7(11,8(12,13)22-21-20-17)9(14,15)23(18,19)16-5-3-1-2-4-6-16/h17H,1-6H2/p-1. The Hall–Kier alpha value is -0.280. The summed E-state index contributed by atoms with van der Waals surface area (Å²) in [5.74, 6) is -6.35. The van der Waals surface area contributed by atoms with Crippen LogP contribution in [0.5, 0.6) is 0 Å². The Morgan fingerprint density at radius 2 is 1.43 bits per heavy atom. The first-order valence-electron chi connectivity index (χ1n) is 6.19. The molecule has 0 amide bonds. The largest absolute Gasteiger partial charge is 0.691 e. The van der Waals surface area contributed by atoms with Gasteiger partial charge in [0.15, 0.2) is 0 Å². The van der Waals surface area contributed by atoms with Crippen LogP contribution in [0.1, 0.15) is 25.7 Å². The molecule has 1 heterocycles. The van der Waals surface area contributed by atoms with E-state index in [0.29, 0.717) is 12.8 Å². The molecule has 1 aliphatic heterocycles. The summed E-state index contributed by atoms with van der Waals surface area (Å²) in [5, 5.41) is -0.0551. The van der Waals surface area contributed by atoms with Gasteiger partial charge in [0.2, 0.25) is 0 Å². The van der Waals surface area contributed by atoms with Crippen LogP contribution in [0.2, 0.25) is 0 Å². The lowest BCUT2D eigenvalue weighted by molar-refractivity contribution is -0.777. The third kappa shape index (κ3) is 3.87. The lowest BCUT2D eigenvalue weighted by Gasteiger charge is -2.33. The smallest absolute Gasteiger partial charge is 0.428 e. The molecule has 0 N–H and O–H groups in total. The molecule has 0 unspecified atom stereocenters. The highest BCUT2D eigenvalue weighted by Crippen LogP contribution is 2.54. The molecule has 0 aromatic carbocycles. The second-order valence-corrected chi connectivity index (χ2v) is 7.44. The number of alkyl halides is 6. The fourth-order valence-electron chi connectivity index (χ4n) is 1.88. The average molecular weight is 392 g/mol. The molecule has 138 valence electrons. The summed E-state index contributed by atoms with van der Waals surface area (Å²) in [6.07, 6.45) is 1.27. The lowest BCUT2D eigenvalue weighted by Crippen LogP contribution is -2.60. The van der Waals surface area contributed by atoms with Crippen LogP contribution in [-0.4, -0.2) is 42.2 Å². The number of rotatable bonds is 7. The van der Waals surface area contributed by atoms with Gasteiger partial charge >= 0.3 is 16.4 Å². The monoisotopic (exact) mass is 392 g/mol. The molecule has 6 nitrogen and oxygen atoms in total. The summed E-state index contributed by atoms with van der Waals surface area (Å²) in [4.78, 5) is 0. The fraction of sp³-hybridized carbons (Fsp3) is 1.00. The van der Waals surface area contributed by atoms with E-state index in [4.69, 9.17) is 0 Å². The van der Waals surface area contributed by atoms with Gasteiger partial charge in [-0.1, -0.05) is 12.8 Å². The van der Waals surface area contributed by atoms with Gasteiger partial charge < -0.3 is 5.26 Å². The van der Waals surface area contributed by atoms with Crippen molar-refractivity contribution < 1.29 is 49.4 Å². The Morgan fingerprint density at radius 3 is 1.87 bits per heavy atom. The Bertz CT molecular complexity index is 495. The molecule has 0 spiro atoms. The highest BCUT2D eigenvalue weighted by molar-refractivity contribution is 7.95. The van der Waals surface area contributed by atoms with Crippen molar-refractivity contribution in [3.8, 4) is 0 Å². The van der Waals surface area contributed by atoms with Crippen molar-refractivity contribution >= 4 is 22.1 Å². The zero-order valence-electron chi connectivity index (χ0n) is 11.3. The zero-order valence-corrected chi connectivity index (χ0v) is 12.9. The molecule has 1 saturated heterocycles. The molecular weight excluding hydrogens is 380 g/mol. The van der Waals surface area contributed by atoms with Gasteiger partial charge in [-0.05, 0) is 12.8 Å². The maximum Gasteiger partial charge on any atom is 0.428 e. The molecule has 1 aliphatic rings. The maximum absolute atomic E-state index is 13.8. The topological polar surface area (TPSA) is 78.9 Å². The molecule has 0 radical (unpaired) electrons. The molecule has 1 fully saturated rings. The number of hydrogen-bond donors (Lipinski definition) is 0. The second-order valence-electron chi connectivity index (χ2n) is 4.65. The van der Waals surface area contributed by atoms with Gasteiger partial charge in [-0.15, -0.1) is 0 Å². The van der Waals surface area contributed by atoms with Crippen molar-refractivity contribution in [1.29, 1.82) is 0 Å². The van der Waals surface area contributed by atoms with Crippen molar-refractivity contribution in [1.82, 2.24) is 4.31 Å². The second kappa shape index (κ2) is 7.31. The van der Waals surface area contributed by atoms with Crippen molar-refractivity contribution in [3.63, 3.8) is 0 Å². The minimum absolute atomic E-state index is 0.0691. The molecule has 0 saturated carbocycles. The van der Waals surface area contributed by atoms with Crippen LogP contribution in [-0.2, 0) is 19.4 Å². The minimum atomic E-state index is -6.35. The molecule has 0 aromatic heterocycles. The third-order valence-corrected chi connectivity index (χ3v) is 5.67. The predicted octanol–water partition coefficient (Wildman–Crippen LogP) is 1.88. The Balaban J connectivity index is 3.14. The highest BCUT2D eigenvalue weighted by atomic mass is 32.2. The van der Waals surface area contributed by atoms with Crippen molar-refractivity contribution in [2.75, 3.05) is 13.1 Å². The molecule has 0 atom stereocenters. The van der Waals surface area contributed by atoms with Crippen LogP contribution in [0.4, 0.5) is 26.3 Å². The summed E-state index contributed by atoms with van der Waals surface area (Å²) in [7, 11) is -6.07. The van der Waals surface area contributed by atoms with E-state index in [0.717, 1.165) is 0 Å². The quantitative estimate of drug-likeness (QED) is 0.285. The summed E-state index contributed by atoms with van der Waals surface area (Å²) in [6, 6.07) is 0. The normalized spacial score (nSPS) is 19.6. The van der Waals surface area contributed by atoms with Gasteiger partial charge in [-0.3, -0.25) is 5.04 Å². The minimum Gasteiger partial charge on any atom is -0.691 e. The van der Waals surface area contributed by atoms with Crippen molar-refractivity contribution in [3.05, 3.63) is 0 Å². The predicted molar refractivity (Wildman–Crippen MR) is 63.6 cm³/mol. The molecule has 0 aromatic rings. The summed E-state index contributed by atoms with van der Waals surface area (Å²) in [6.45, 7) is -0.959. The van der Waals surface area contributed by atoms with Crippen LogP contribution in [0.25, 0.3) is 0 Å². The van der Waals surface area contributed by atoms with E-state index >= 15 is 0 Å². The van der Waals surface area contributed by atoms with E-state index in [9.17, 15) is 40.0 Å². The number of hydrogen-bond acceptors (Lipinski definition) is 6. The van der Waals surface area contributed by atoms with Crippen LogP contribution in [0, 0.1) is 0 Å². The van der Waals surface area contributed by atoms with Crippen molar-refractivity contribution in [2.45, 2.75) is 42.1 Å². The van der Waals surface area contributed by atoms with E-state index in [2.05, 4.69) is 9.37 Å². The van der Waals surface area contributed by atoms with Gasteiger partial charge in [0.25, 0.3) is 10.0 Å². The van der Waals surface area contributed by atoms with Gasteiger partial charge in [-0.2, -0.15) is 35.0 Å². The van der Waals surface area contributed by atoms with E-state index in [-0.39, 0.29) is 17.1 Å². The zero-order chi connectivity index (χ0) is 17.9. The lowest BCUT2D eigenvalue weighted by atomic mass is 10.2. The summed E-state index contributed by atoms with van der Waals surface area (Å²) in [5.41, 5.74) is 0. The van der Waals surface area contributed by atoms with E-state index in [1.54, 1.807) is 0 Å². The van der Waals surface area contributed by atoms with Crippen LogP contribution < -0.4 is 5.26 Å². The van der Waals surface area contributed by atoms with Crippen molar-refractivity contribution in [2.24, 2.45) is 0 Å². The Labute approximate surface area is 131 Å². The first kappa shape index (κ1) is 20.8. The van der Waals surface area contributed by atoms with Crippen LogP contribution in [0.3, 0.4) is 0 Å². The third-order valence-electron chi connectivity index (χ3n) is 3.13. The molecule has 0 bridgehead atoms. The number of nitrogens with zero attached hydrogens (tertiary/aromatic N) is 1. The number of sulfonamides is 1. The SMILES string of the molecule is O=S(=O)(N1CCCCCC1)C(F)(F)C(F)(F)C(F)(F)SOO[O-]. The van der Waals surface area contributed by atoms with E-state index in [1.807, 2.05) is 0 Å². The van der Waals surface area contributed by atoms with E-state index in [1.165, 1.54) is 0 Å². The first-order valence-corrected chi connectivity index (χ1v) is 8.37. The highest BCUT2D eigenvalue weighted by Gasteiger charge is 2.79. The van der Waals surface area contributed by atoms with Gasteiger partial charge in [0.1, 0.15) is 12.0 Å². The van der Waals surface area contributed by atoms with Crippen LogP contribution in [0.15, 0.2) is 0 Å². The Morgan fingerprint density at radius 1 is 0.957 bits per heavy atom. The first-order chi connectivity index (χ1) is 10.4. The van der Waals surface area contributed by atoms with Gasteiger partial charge in [0.05, 0.1) is 0 Å². The maximum atomic E-state index is 13.8. The van der Waals surface area contributed by atoms with E-state index < -0.39 is 51.6 Å². The molecule has 14 heteroatoms. The number of halogens is 6.